The van der Waals surface area contributed by atoms with Crippen molar-refractivity contribution in [3.8, 4) is 5.75 Å². The fourth-order valence-electron chi connectivity index (χ4n) is 1.29. The Hall–Kier alpha value is -0.580. The van der Waals surface area contributed by atoms with Crippen LogP contribution in [0.1, 0.15) is 25.5 Å². The van der Waals surface area contributed by atoms with Crippen molar-refractivity contribution in [1.82, 2.24) is 0 Å². The van der Waals surface area contributed by atoms with Crippen molar-refractivity contribution in [3.63, 3.8) is 0 Å². The van der Waals surface area contributed by atoms with Gasteiger partial charge in [0.2, 0.25) is 0 Å². The smallest absolute Gasteiger partial charge is 0.125 e. The molecule has 90 valence electrons. The van der Waals surface area contributed by atoms with Gasteiger partial charge in [-0.15, -0.1) is 0 Å². The molecular formula is C12H18BrNO2. The average Bonchev–Trinajstić information content (AvgIpc) is 2.25. The lowest BCUT2D eigenvalue weighted by Gasteiger charge is -2.16. The molecular weight excluding hydrogens is 270 g/mol. The first kappa shape index (κ1) is 13.5. The zero-order valence-electron chi connectivity index (χ0n) is 9.61. The zero-order chi connectivity index (χ0) is 12.1. The van der Waals surface area contributed by atoms with Gasteiger partial charge in [-0.1, -0.05) is 28.9 Å². The second-order valence-electron chi connectivity index (χ2n) is 4.07. The molecule has 4 heteroatoms. The van der Waals surface area contributed by atoms with Gasteiger partial charge in [0.05, 0.1) is 6.61 Å². The summed E-state index contributed by atoms with van der Waals surface area (Å²) in [6.45, 7) is 4.48. The SMILES string of the molecule is CC(CO)COc1cc(Br)ccc1C(C)N. The fraction of sp³-hybridized carbons (Fsp3) is 0.500. The summed E-state index contributed by atoms with van der Waals surface area (Å²) in [6, 6.07) is 5.74. The lowest BCUT2D eigenvalue weighted by atomic mass is 10.1. The quantitative estimate of drug-likeness (QED) is 0.875. The highest BCUT2D eigenvalue weighted by Crippen LogP contribution is 2.27. The molecule has 2 atom stereocenters. The molecule has 1 aromatic carbocycles. The number of benzene rings is 1. The summed E-state index contributed by atoms with van der Waals surface area (Å²) in [5.41, 5.74) is 6.84. The Bertz CT molecular complexity index is 342. The molecule has 0 aliphatic heterocycles. The van der Waals surface area contributed by atoms with Gasteiger partial charge in [0.15, 0.2) is 0 Å². The molecule has 0 amide bonds. The van der Waals surface area contributed by atoms with Gasteiger partial charge >= 0.3 is 0 Å². The molecule has 1 aromatic rings. The molecule has 0 aliphatic rings. The van der Waals surface area contributed by atoms with E-state index in [0.717, 1.165) is 15.8 Å². The Morgan fingerprint density at radius 3 is 2.69 bits per heavy atom. The van der Waals surface area contributed by atoms with Gasteiger partial charge in [0.25, 0.3) is 0 Å². The van der Waals surface area contributed by atoms with Gasteiger partial charge in [-0.05, 0) is 19.1 Å². The van der Waals surface area contributed by atoms with E-state index in [9.17, 15) is 0 Å². The Morgan fingerprint density at radius 2 is 2.12 bits per heavy atom. The Kier molecular flexibility index (Phi) is 5.25. The monoisotopic (exact) mass is 287 g/mol. The van der Waals surface area contributed by atoms with Crippen molar-refractivity contribution in [2.45, 2.75) is 19.9 Å². The minimum absolute atomic E-state index is 0.0625. The van der Waals surface area contributed by atoms with Crippen LogP contribution in [-0.4, -0.2) is 18.3 Å². The van der Waals surface area contributed by atoms with Gasteiger partial charge in [0, 0.05) is 28.6 Å². The molecule has 0 radical (unpaired) electrons. The highest BCUT2D eigenvalue weighted by atomic mass is 79.9. The fourth-order valence-corrected chi connectivity index (χ4v) is 1.63. The summed E-state index contributed by atoms with van der Waals surface area (Å²) < 4.78 is 6.62. The first-order chi connectivity index (χ1) is 7.54. The Labute approximate surface area is 105 Å². The van der Waals surface area contributed by atoms with Crippen LogP contribution in [0.5, 0.6) is 5.75 Å². The summed E-state index contributed by atoms with van der Waals surface area (Å²) in [5, 5.41) is 8.93. The van der Waals surface area contributed by atoms with Gasteiger partial charge in [0.1, 0.15) is 5.75 Å². The molecule has 0 heterocycles. The van der Waals surface area contributed by atoms with Crippen molar-refractivity contribution in [2.24, 2.45) is 11.7 Å². The first-order valence-corrected chi connectivity index (χ1v) is 6.12. The van der Waals surface area contributed by atoms with E-state index in [1.807, 2.05) is 32.0 Å². The second-order valence-corrected chi connectivity index (χ2v) is 4.99. The third-order valence-electron chi connectivity index (χ3n) is 2.30. The van der Waals surface area contributed by atoms with Crippen LogP contribution in [0.4, 0.5) is 0 Å². The molecule has 2 unspecified atom stereocenters. The summed E-state index contributed by atoms with van der Waals surface area (Å²) in [4.78, 5) is 0. The number of rotatable bonds is 5. The maximum Gasteiger partial charge on any atom is 0.125 e. The van der Waals surface area contributed by atoms with Gasteiger partial charge < -0.3 is 15.6 Å². The minimum Gasteiger partial charge on any atom is -0.493 e. The highest BCUT2D eigenvalue weighted by molar-refractivity contribution is 9.10. The van der Waals surface area contributed by atoms with Crippen LogP contribution in [0.25, 0.3) is 0 Å². The van der Waals surface area contributed by atoms with Gasteiger partial charge in [-0.3, -0.25) is 0 Å². The van der Waals surface area contributed by atoms with E-state index < -0.39 is 0 Å². The number of hydrogen-bond donors (Lipinski definition) is 2. The summed E-state index contributed by atoms with van der Waals surface area (Å²) in [5.74, 6) is 0.907. The van der Waals surface area contributed by atoms with E-state index in [0.29, 0.717) is 6.61 Å². The first-order valence-electron chi connectivity index (χ1n) is 5.33. The molecule has 0 saturated heterocycles. The predicted molar refractivity (Wildman–Crippen MR) is 68.5 cm³/mol. The molecule has 0 aromatic heterocycles. The molecule has 0 fully saturated rings. The van der Waals surface area contributed by atoms with Crippen molar-refractivity contribution < 1.29 is 9.84 Å². The molecule has 16 heavy (non-hydrogen) atoms. The molecule has 0 bridgehead atoms. The highest BCUT2D eigenvalue weighted by Gasteiger charge is 2.10. The van der Waals surface area contributed by atoms with Crippen LogP contribution in [0.3, 0.4) is 0 Å². The van der Waals surface area contributed by atoms with Crippen LogP contribution < -0.4 is 10.5 Å². The van der Waals surface area contributed by atoms with Crippen molar-refractivity contribution in [1.29, 1.82) is 0 Å². The van der Waals surface area contributed by atoms with Crippen molar-refractivity contribution in [3.05, 3.63) is 28.2 Å². The van der Waals surface area contributed by atoms with E-state index in [4.69, 9.17) is 15.6 Å². The van der Waals surface area contributed by atoms with Gasteiger partial charge in [-0.2, -0.15) is 0 Å². The summed E-state index contributed by atoms with van der Waals surface area (Å²) in [6.07, 6.45) is 0. The summed E-state index contributed by atoms with van der Waals surface area (Å²) >= 11 is 3.40. The lowest BCUT2D eigenvalue weighted by Crippen LogP contribution is -2.14. The lowest BCUT2D eigenvalue weighted by molar-refractivity contribution is 0.173. The second kappa shape index (κ2) is 6.23. The largest absolute Gasteiger partial charge is 0.493 e. The molecule has 1 rings (SSSR count). The van der Waals surface area contributed by atoms with Crippen LogP contribution in [0.2, 0.25) is 0 Å². The molecule has 0 spiro atoms. The van der Waals surface area contributed by atoms with E-state index in [-0.39, 0.29) is 18.6 Å². The topological polar surface area (TPSA) is 55.5 Å². The maximum absolute atomic E-state index is 8.93. The number of halogens is 1. The Balaban J connectivity index is 2.80. The van der Waals surface area contributed by atoms with Crippen molar-refractivity contribution in [2.75, 3.05) is 13.2 Å². The maximum atomic E-state index is 8.93. The molecule has 3 nitrogen and oxygen atoms in total. The van der Waals surface area contributed by atoms with Crippen LogP contribution in [0.15, 0.2) is 22.7 Å². The van der Waals surface area contributed by atoms with E-state index in [1.54, 1.807) is 0 Å². The third kappa shape index (κ3) is 3.77. The Morgan fingerprint density at radius 1 is 1.44 bits per heavy atom. The molecule has 0 saturated carbocycles. The molecule has 0 aliphatic carbocycles. The van der Waals surface area contributed by atoms with Crippen LogP contribution >= 0.6 is 15.9 Å². The minimum atomic E-state index is -0.0625. The van der Waals surface area contributed by atoms with E-state index >= 15 is 0 Å². The van der Waals surface area contributed by atoms with Gasteiger partial charge in [-0.25, -0.2) is 0 Å². The standard InChI is InChI=1S/C12H18BrNO2/c1-8(6-15)7-16-12-5-10(13)3-4-11(12)9(2)14/h3-5,8-9,15H,6-7,14H2,1-2H3. The number of nitrogens with two attached hydrogens (primary N) is 1. The number of ether oxygens (including phenoxy) is 1. The number of hydrogen-bond acceptors (Lipinski definition) is 3. The van der Waals surface area contributed by atoms with Crippen LogP contribution in [-0.2, 0) is 0 Å². The number of aliphatic hydroxyl groups is 1. The molecule has 3 N–H and O–H groups in total. The van der Waals surface area contributed by atoms with E-state index in [2.05, 4.69) is 15.9 Å². The zero-order valence-corrected chi connectivity index (χ0v) is 11.2. The van der Waals surface area contributed by atoms with Crippen molar-refractivity contribution >= 4 is 15.9 Å². The van der Waals surface area contributed by atoms with Crippen LogP contribution in [0, 0.1) is 5.92 Å². The normalized spacial score (nSPS) is 14.6. The average molecular weight is 288 g/mol. The third-order valence-corrected chi connectivity index (χ3v) is 2.79. The predicted octanol–water partition coefficient (Wildman–Crippen LogP) is 2.48. The number of aliphatic hydroxyl groups excluding tert-OH is 1. The summed E-state index contributed by atoms with van der Waals surface area (Å²) in [7, 11) is 0. The van der Waals surface area contributed by atoms with E-state index in [1.165, 1.54) is 0 Å².